The van der Waals surface area contributed by atoms with Gasteiger partial charge in [-0.25, -0.2) is 0 Å². The predicted molar refractivity (Wildman–Crippen MR) is 116 cm³/mol. The largest absolute Gasteiger partial charge is 0.340 e. The second-order valence-corrected chi connectivity index (χ2v) is 8.10. The first kappa shape index (κ1) is 20.8. The summed E-state index contributed by atoms with van der Waals surface area (Å²) in [6.45, 7) is 1.73. The van der Waals surface area contributed by atoms with Gasteiger partial charge in [-0.05, 0) is 24.1 Å². The predicted octanol–water partition coefficient (Wildman–Crippen LogP) is 1.57. The monoisotopic (exact) mass is 420 g/mol. The molecule has 0 saturated carbocycles. The van der Waals surface area contributed by atoms with E-state index in [1.807, 2.05) is 78.8 Å². The maximum absolute atomic E-state index is 13.2. The molecule has 3 aromatic rings. The van der Waals surface area contributed by atoms with Gasteiger partial charge in [0.05, 0.1) is 30.3 Å². The van der Waals surface area contributed by atoms with E-state index in [4.69, 9.17) is 0 Å². The number of carbonyl (C=O) groups is 2. The Morgan fingerprint density at radius 3 is 2.23 bits per heavy atom. The summed E-state index contributed by atoms with van der Waals surface area (Å²) in [6, 6.07) is 13.7. The van der Waals surface area contributed by atoms with E-state index < -0.39 is 0 Å². The van der Waals surface area contributed by atoms with Crippen molar-refractivity contribution in [2.24, 2.45) is 14.1 Å². The molecule has 0 aliphatic carbocycles. The first-order valence-corrected chi connectivity index (χ1v) is 10.6. The molecule has 1 aliphatic rings. The minimum Gasteiger partial charge on any atom is -0.340 e. The smallest absolute Gasteiger partial charge is 0.229 e. The van der Waals surface area contributed by atoms with Crippen molar-refractivity contribution in [1.82, 2.24) is 29.4 Å². The molecule has 0 N–H and O–H groups in total. The Labute approximate surface area is 182 Å². The van der Waals surface area contributed by atoms with Crippen LogP contribution in [0, 0.1) is 0 Å². The highest BCUT2D eigenvalue weighted by molar-refractivity contribution is 5.80. The zero-order valence-corrected chi connectivity index (χ0v) is 18.0. The molecule has 1 saturated heterocycles. The van der Waals surface area contributed by atoms with E-state index in [2.05, 4.69) is 10.2 Å². The van der Waals surface area contributed by atoms with Gasteiger partial charge in [0.1, 0.15) is 0 Å². The highest BCUT2D eigenvalue weighted by atomic mass is 16.2. The van der Waals surface area contributed by atoms with Crippen molar-refractivity contribution >= 4 is 11.8 Å². The van der Waals surface area contributed by atoms with Crippen LogP contribution in [0.3, 0.4) is 0 Å². The van der Waals surface area contributed by atoms with E-state index in [-0.39, 0.29) is 30.7 Å². The number of nitrogens with zero attached hydrogens (tertiary/aromatic N) is 6. The van der Waals surface area contributed by atoms with Crippen molar-refractivity contribution < 1.29 is 9.59 Å². The number of amides is 2. The summed E-state index contributed by atoms with van der Waals surface area (Å²) in [6.07, 6.45) is 5.00. The van der Waals surface area contributed by atoms with Crippen LogP contribution in [0.1, 0.15) is 23.4 Å². The van der Waals surface area contributed by atoms with Crippen molar-refractivity contribution in [3.8, 4) is 0 Å². The molecule has 3 heterocycles. The maximum Gasteiger partial charge on any atom is 0.229 e. The summed E-state index contributed by atoms with van der Waals surface area (Å²) >= 11 is 0. The van der Waals surface area contributed by atoms with Gasteiger partial charge in [0.15, 0.2) is 0 Å². The molecule has 2 amide bonds. The zero-order chi connectivity index (χ0) is 21.8. The van der Waals surface area contributed by atoms with E-state index in [1.54, 1.807) is 9.36 Å². The second kappa shape index (κ2) is 9.16. The SMILES string of the molecule is Cn1ccc(CC(=O)N2CC[C@@H](N(Cc3ccccc3)C(=O)Cc3ccn(C)n3)C2)n1. The van der Waals surface area contributed by atoms with Gasteiger partial charge in [0.2, 0.25) is 11.8 Å². The van der Waals surface area contributed by atoms with E-state index in [9.17, 15) is 9.59 Å². The van der Waals surface area contributed by atoms with Crippen molar-refractivity contribution in [2.45, 2.75) is 31.8 Å². The van der Waals surface area contributed by atoms with Crippen LogP contribution < -0.4 is 0 Å². The molecule has 0 unspecified atom stereocenters. The number of carbonyl (C=O) groups excluding carboxylic acids is 2. The second-order valence-electron chi connectivity index (χ2n) is 8.10. The van der Waals surface area contributed by atoms with Crippen LogP contribution in [-0.4, -0.2) is 60.3 Å². The standard InChI is InChI=1S/C23H28N6O2/c1-26-11-8-19(24-26)14-22(30)28-13-10-21(17-28)29(16-18-6-4-3-5-7-18)23(31)15-20-9-12-27(2)25-20/h3-9,11-12,21H,10,13-17H2,1-2H3/t21-/m1/s1. The van der Waals surface area contributed by atoms with Crippen LogP contribution in [0.2, 0.25) is 0 Å². The van der Waals surface area contributed by atoms with Crippen LogP contribution in [0.4, 0.5) is 0 Å². The lowest BCUT2D eigenvalue weighted by atomic mass is 10.1. The quantitative estimate of drug-likeness (QED) is 0.581. The van der Waals surface area contributed by atoms with E-state index >= 15 is 0 Å². The van der Waals surface area contributed by atoms with Crippen LogP contribution in [0.5, 0.6) is 0 Å². The Morgan fingerprint density at radius 2 is 1.61 bits per heavy atom. The maximum atomic E-state index is 13.2. The lowest BCUT2D eigenvalue weighted by Crippen LogP contribution is -2.43. The van der Waals surface area contributed by atoms with E-state index in [1.165, 1.54) is 0 Å². The van der Waals surface area contributed by atoms with Crippen molar-refractivity contribution in [1.29, 1.82) is 0 Å². The number of aromatic nitrogens is 4. The third kappa shape index (κ3) is 5.20. The molecule has 1 aliphatic heterocycles. The number of aryl methyl sites for hydroxylation is 2. The molecule has 0 radical (unpaired) electrons. The van der Waals surface area contributed by atoms with Crippen LogP contribution in [0.15, 0.2) is 54.9 Å². The summed E-state index contributed by atoms with van der Waals surface area (Å²) in [7, 11) is 3.69. The normalized spacial score (nSPS) is 15.9. The van der Waals surface area contributed by atoms with Gasteiger partial charge < -0.3 is 9.80 Å². The zero-order valence-electron chi connectivity index (χ0n) is 18.0. The fraction of sp³-hybridized carbons (Fsp3) is 0.391. The molecule has 1 fully saturated rings. The Hall–Kier alpha value is -3.42. The van der Waals surface area contributed by atoms with Gasteiger partial charge in [-0.3, -0.25) is 19.0 Å². The first-order valence-electron chi connectivity index (χ1n) is 10.6. The molecule has 31 heavy (non-hydrogen) atoms. The summed E-state index contributed by atoms with van der Waals surface area (Å²) < 4.78 is 3.41. The first-order chi connectivity index (χ1) is 15.0. The topological polar surface area (TPSA) is 76.3 Å². The van der Waals surface area contributed by atoms with Gasteiger partial charge in [0, 0.05) is 46.1 Å². The third-order valence-electron chi connectivity index (χ3n) is 5.68. The lowest BCUT2D eigenvalue weighted by Gasteiger charge is -2.29. The summed E-state index contributed by atoms with van der Waals surface area (Å²) in [4.78, 5) is 29.8. The minimum atomic E-state index is -0.0101. The molecule has 8 heteroatoms. The van der Waals surface area contributed by atoms with Gasteiger partial charge in [-0.15, -0.1) is 0 Å². The third-order valence-corrected chi connectivity index (χ3v) is 5.68. The van der Waals surface area contributed by atoms with Gasteiger partial charge >= 0.3 is 0 Å². The van der Waals surface area contributed by atoms with Crippen LogP contribution >= 0.6 is 0 Å². The Balaban J connectivity index is 1.45. The molecule has 0 bridgehead atoms. The summed E-state index contributed by atoms with van der Waals surface area (Å²) in [5, 5.41) is 8.66. The van der Waals surface area contributed by atoms with Crippen molar-refractivity contribution in [2.75, 3.05) is 13.1 Å². The Morgan fingerprint density at radius 1 is 0.968 bits per heavy atom. The van der Waals surface area contributed by atoms with Crippen LogP contribution in [-0.2, 0) is 43.1 Å². The number of likely N-dealkylation sites (tertiary alicyclic amines) is 1. The highest BCUT2D eigenvalue weighted by Gasteiger charge is 2.33. The highest BCUT2D eigenvalue weighted by Crippen LogP contribution is 2.20. The van der Waals surface area contributed by atoms with Gasteiger partial charge in [-0.2, -0.15) is 10.2 Å². The van der Waals surface area contributed by atoms with Gasteiger partial charge in [-0.1, -0.05) is 30.3 Å². The van der Waals surface area contributed by atoms with E-state index in [0.29, 0.717) is 19.6 Å². The van der Waals surface area contributed by atoms with Crippen molar-refractivity contribution in [3.05, 3.63) is 71.8 Å². The molecular formula is C23H28N6O2. The molecule has 162 valence electrons. The van der Waals surface area contributed by atoms with E-state index in [0.717, 1.165) is 23.4 Å². The molecule has 4 rings (SSSR count). The number of rotatable bonds is 7. The average Bonchev–Trinajstić information content (AvgIpc) is 3.49. The molecule has 2 aromatic heterocycles. The minimum absolute atomic E-state index is 0.0101. The lowest BCUT2D eigenvalue weighted by molar-refractivity contribution is -0.135. The fourth-order valence-electron chi connectivity index (χ4n) is 4.06. The number of benzene rings is 1. The van der Waals surface area contributed by atoms with Crippen LogP contribution in [0.25, 0.3) is 0 Å². The number of hydrogen-bond donors (Lipinski definition) is 0. The summed E-state index contributed by atoms with van der Waals surface area (Å²) in [5.41, 5.74) is 2.60. The number of hydrogen-bond acceptors (Lipinski definition) is 4. The average molecular weight is 421 g/mol. The Bertz CT molecular complexity index is 1040. The Kier molecular flexibility index (Phi) is 6.16. The molecular weight excluding hydrogens is 392 g/mol. The van der Waals surface area contributed by atoms with Gasteiger partial charge in [0.25, 0.3) is 0 Å². The molecule has 1 atom stereocenters. The molecule has 1 aromatic carbocycles. The van der Waals surface area contributed by atoms with Crippen molar-refractivity contribution in [3.63, 3.8) is 0 Å². The molecule has 8 nitrogen and oxygen atoms in total. The molecule has 0 spiro atoms. The summed E-state index contributed by atoms with van der Waals surface area (Å²) in [5.74, 6) is 0.0876. The fourth-order valence-corrected chi connectivity index (χ4v) is 4.06.